The van der Waals surface area contributed by atoms with E-state index in [1.54, 1.807) is 29.2 Å². The number of anilines is 2. The van der Waals surface area contributed by atoms with Crippen LogP contribution in [0.15, 0.2) is 60.7 Å². The second kappa shape index (κ2) is 15.3. The van der Waals surface area contributed by atoms with Crippen molar-refractivity contribution in [1.29, 1.82) is 0 Å². The van der Waals surface area contributed by atoms with Crippen molar-refractivity contribution in [2.45, 2.75) is 51.2 Å². The van der Waals surface area contributed by atoms with E-state index in [2.05, 4.69) is 15.5 Å². The van der Waals surface area contributed by atoms with Crippen LogP contribution in [0.4, 0.5) is 25.0 Å². The first-order valence-electron chi connectivity index (χ1n) is 15.7. The average molecular weight is 651 g/mol. The van der Waals surface area contributed by atoms with Crippen LogP contribution < -0.4 is 20.1 Å². The molecule has 0 aliphatic carbocycles. The van der Waals surface area contributed by atoms with Crippen LogP contribution >= 0.6 is 0 Å². The van der Waals surface area contributed by atoms with Gasteiger partial charge in [-0.1, -0.05) is 24.3 Å². The number of likely N-dealkylation sites (tertiary alicyclic amines) is 2. The van der Waals surface area contributed by atoms with Crippen LogP contribution in [-0.4, -0.2) is 78.2 Å². The fourth-order valence-electron chi connectivity index (χ4n) is 6.32. The predicted octanol–water partition coefficient (Wildman–Crippen LogP) is 5.70. The number of methoxy groups -OCH3 is 1. The summed E-state index contributed by atoms with van der Waals surface area (Å²) in [7, 11) is 1.48. The lowest BCUT2D eigenvalue weighted by atomic mass is 9.93. The van der Waals surface area contributed by atoms with Crippen molar-refractivity contribution < 1.29 is 37.7 Å². The molecule has 2 unspecified atom stereocenters. The minimum atomic E-state index is -0.805. The third kappa shape index (κ3) is 8.97. The van der Waals surface area contributed by atoms with Gasteiger partial charge in [-0.05, 0) is 80.2 Å². The van der Waals surface area contributed by atoms with Gasteiger partial charge in [0, 0.05) is 37.2 Å². The molecule has 3 aromatic rings. The molecule has 0 radical (unpaired) electrons. The molecule has 250 valence electrons. The molecular weight excluding hydrogens is 610 g/mol. The van der Waals surface area contributed by atoms with Crippen LogP contribution in [0.5, 0.6) is 11.5 Å². The number of carbonyl (C=O) groups excluding carboxylic acids is 2. The summed E-state index contributed by atoms with van der Waals surface area (Å²) in [6.07, 6.45) is 1.69. The van der Waals surface area contributed by atoms with E-state index in [1.165, 1.54) is 13.2 Å². The summed E-state index contributed by atoms with van der Waals surface area (Å²) in [6, 6.07) is 15.1. The van der Waals surface area contributed by atoms with Gasteiger partial charge in [0.05, 0.1) is 25.8 Å². The number of halogens is 2. The minimum Gasteiger partial charge on any atom is -0.495 e. The highest BCUT2D eigenvalue weighted by Gasteiger charge is 2.38. The highest BCUT2D eigenvalue weighted by molar-refractivity contribution is 6.01. The van der Waals surface area contributed by atoms with Crippen molar-refractivity contribution in [1.82, 2.24) is 9.80 Å². The standard InChI is InChI=1S/C35H40F2N4O6/c1-22-5-3-4-6-29(22)38-35(45)39-30-9-7-24(15-32(30)46-2)16-33(42)41-21-27(47-31-10-8-25(36)18-28(31)37)19-26(41)20-40-13-11-23(12-14-40)17-34(43)44/h3-10,15,18,23,26-27H,11-14,16-17,19-21H2,1-2H3,(H,43,44)(H2,38,39,45). The Kier molecular flexibility index (Phi) is 10.9. The first kappa shape index (κ1) is 33.6. The first-order chi connectivity index (χ1) is 22.6. The Labute approximate surface area is 272 Å². The number of carboxylic acid groups (broad SMARTS) is 1. The van der Waals surface area contributed by atoms with Crippen molar-refractivity contribution in [2.75, 3.05) is 43.9 Å². The molecule has 10 nitrogen and oxygen atoms in total. The van der Waals surface area contributed by atoms with Gasteiger partial charge in [0.25, 0.3) is 0 Å². The number of aryl methyl sites for hydroxylation is 1. The van der Waals surface area contributed by atoms with Gasteiger partial charge in [0.1, 0.15) is 17.7 Å². The molecule has 0 bridgehead atoms. The minimum absolute atomic E-state index is 0.0564. The third-order valence-corrected chi connectivity index (χ3v) is 8.79. The number of carboxylic acids is 1. The normalized spacial score (nSPS) is 18.5. The van der Waals surface area contributed by atoms with Crippen LogP contribution in [0.3, 0.4) is 0 Å². The smallest absolute Gasteiger partial charge is 0.323 e. The van der Waals surface area contributed by atoms with Gasteiger partial charge in [-0.3, -0.25) is 9.59 Å². The van der Waals surface area contributed by atoms with Crippen molar-refractivity contribution in [3.63, 3.8) is 0 Å². The number of urea groups is 1. The lowest BCUT2D eigenvalue weighted by Crippen LogP contribution is -2.46. The maximum absolute atomic E-state index is 14.4. The molecule has 3 aromatic carbocycles. The van der Waals surface area contributed by atoms with E-state index < -0.39 is 29.7 Å². The van der Waals surface area contributed by atoms with Crippen LogP contribution in [-0.2, 0) is 16.0 Å². The van der Waals surface area contributed by atoms with E-state index >= 15 is 0 Å². The summed E-state index contributed by atoms with van der Waals surface area (Å²) in [5.74, 6) is -2.00. The van der Waals surface area contributed by atoms with Gasteiger partial charge >= 0.3 is 12.0 Å². The number of nitrogens with zero attached hydrogens (tertiary/aromatic N) is 2. The fourth-order valence-corrected chi connectivity index (χ4v) is 6.32. The van der Waals surface area contributed by atoms with Crippen molar-refractivity contribution in [3.8, 4) is 11.5 Å². The number of rotatable bonds is 11. The second-order valence-electron chi connectivity index (χ2n) is 12.2. The van der Waals surface area contributed by atoms with Crippen LogP contribution in [0.25, 0.3) is 0 Å². The maximum atomic E-state index is 14.4. The lowest BCUT2D eigenvalue weighted by Gasteiger charge is -2.35. The highest BCUT2D eigenvalue weighted by Crippen LogP contribution is 2.30. The number of amides is 3. The van der Waals surface area contributed by atoms with Crippen molar-refractivity contribution in [2.24, 2.45) is 5.92 Å². The summed E-state index contributed by atoms with van der Waals surface area (Å²) in [5, 5.41) is 14.8. The topological polar surface area (TPSA) is 120 Å². The zero-order valence-corrected chi connectivity index (χ0v) is 26.5. The molecule has 2 aliphatic rings. The summed E-state index contributed by atoms with van der Waals surface area (Å²) in [4.78, 5) is 41.6. The first-order valence-corrected chi connectivity index (χ1v) is 15.7. The molecular formula is C35H40F2N4O6. The van der Waals surface area contributed by atoms with E-state index in [1.807, 2.05) is 25.1 Å². The summed E-state index contributed by atoms with van der Waals surface area (Å²) in [5.41, 5.74) is 2.72. The van der Waals surface area contributed by atoms with Gasteiger partial charge < -0.3 is 35.0 Å². The van der Waals surface area contributed by atoms with Crippen molar-refractivity contribution >= 4 is 29.3 Å². The number of aliphatic carboxylic acids is 1. The maximum Gasteiger partial charge on any atom is 0.323 e. The Morgan fingerprint density at radius 2 is 1.70 bits per heavy atom. The Morgan fingerprint density at radius 3 is 2.40 bits per heavy atom. The Morgan fingerprint density at radius 1 is 0.957 bits per heavy atom. The summed E-state index contributed by atoms with van der Waals surface area (Å²) < 4.78 is 39.4. The zero-order valence-electron chi connectivity index (χ0n) is 26.5. The number of hydrogen-bond acceptors (Lipinski definition) is 6. The number of piperidine rings is 1. The molecule has 2 fully saturated rings. The Hall–Kier alpha value is -4.71. The van der Waals surface area contributed by atoms with Crippen molar-refractivity contribution in [3.05, 3.63) is 83.4 Å². The number of benzene rings is 3. The third-order valence-electron chi connectivity index (χ3n) is 8.79. The molecule has 5 rings (SSSR count). The van der Waals surface area contributed by atoms with E-state index in [9.17, 15) is 23.2 Å². The molecule has 0 saturated carbocycles. The molecule has 12 heteroatoms. The summed E-state index contributed by atoms with van der Waals surface area (Å²) >= 11 is 0. The number of para-hydroxylation sites is 1. The molecule has 3 amide bonds. The largest absolute Gasteiger partial charge is 0.495 e. The fraction of sp³-hybridized carbons (Fsp3) is 0.400. The molecule has 2 aliphatic heterocycles. The molecule has 2 atom stereocenters. The molecule has 2 heterocycles. The Balaban J connectivity index is 1.26. The van der Waals surface area contributed by atoms with Crippen LogP contribution in [0.1, 0.15) is 36.8 Å². The monoisotopic (exact) mass is 650 g/mol. The zero-order chi connectivity index (χ0) is 33.5. The van der Waals surface area contributed by atoms with Gasteiger partial charge in [0.2, 0.25) is 5.91 Å². The average Bonchev–Trinajstić information content (AvgIpc) is 3.43. The molecule has 47 heavy (non-hydrogen) atoms. The van der Waals surface area contributed by atoms with Crippen LogP contribution in [0, 0.1) is 24.5 Å². The molecule has 0 spiro atoms. The van der Waals surface area contributed by atoms with E-state index in [0.717, 1.165) is 43.6 Å². The highest BCUT2D eigenvalue weighted by atomic mass is 19.1. The van der Waals surface area contributed by atoms with E-state index in [4.69, 9.17) is 14.6 Å². The van der Waals surface area contributed by atoms with Crippen LogP contribution in [0.2, 0.25) is 0 Å². The van der Waals surface area contributed by atoms with Gasteiger partial charge in [-0.15, -0.1) is 0 Å². The number of carbonyl (C=O) groups is 3. The van der Waals surface area contributed by atoms with Gasteiger partial charge in [-0.25, -0.2) is 13.6 Å². The predicted molar refractivity (Wildman–Crippen MR) is 173 cm³/mol. The Bertz CT molecular complexity index is 1600. The lowest BCUT2D eigenvalue weighted by molar-refractivity contribution is -0.138. The summed E-state index contributed by atoms with van der Waals surface area (Å²) in [6.45, 7) is 4.13. The number of hydrogen-bond donors (Lipinski definition) is 3. The van der Waals surface area contributed by atoms with Gasteiger partial charge in [-0.2, -0.15) is 0 Å². The molecule has 0 aromatic heterocycles. The SMILES string of the molecule is COc1cc(CC(=O)N2CC(Oc3ccc(F)cc3F)CC2CN2CCC(CC(=O)O)CC2)ccc1NC(=O)Nc1ccccc1C. The number of nitrogens with one attached hydrogen (secondary N) is 2. The quantitative estimate of drug-likeness (QED) is 0.244. The molecule has 3 N–H and O–H groups in total. The van der Waals surface area contributed by atoms with E-state index in [-0.39, 0.29) is 43.0 Å². The van der Waals surface area contributed by atoms with E-state index in [0.29, 0.717) is 35.7 Å². The molecule has 2 saturated heterocycles. The second-order valence-corrected chi connectivity index (χ2v) is 12.2. The number of ether oxygens (including phenoxy) is 2. The van der Waals surface area contributed by atoms with Gasteiger partial charge in [0.15, 0.2) is 11.6 Å².